The average Bonchev–Trinajstić information content (AvgIpc) is 3.11. The summed E-state index contributed by atoms with van der Waals surface area (Å²) in [7, 11) is 0. The quantitative estimate of drug-likeness (QED) is 0.731. The van der Waals surface area contributed by atoms with E-state index in [4.69, 9.17) is 0 Å². The number of amides is 1. The third-order valence-electron chi connectivity index (χ3n) is 5.11. The molecular formula is C21H25N5O. The van der Waals surface area contributed by atoms with Crippen LogP contribution in [0.15, 0.2) is 48.5 Å². The van der Waals surface area contributed by atoms with Gasteiger partial charge in [-0.1, -0.05) is 42.0 Å². The second-order valence-corrected chi connectivity index (χ2v) is 7.09. The van der Waals surface area contributed by atoms with Gasteiger partial charge in [-0.15, -0.1) is 5.10 Å². The summed E-state index contributed by atoms with van der Waals surface area (Å²) in [5, 5.41) is 11.5. The Morgan fingerprint density at radius 1 is 1.04 bits per heavy atom. The van der Waals surface area contributed by atoms with Gasteiger partial charge in [0.15, 0.2) is 0 Å². The van der Waals surface area contributed by atoms with Crippen molar-refractivity contribution >= 4 is 16.9 Å². The van der Waals surface area contributed by atoms with Crippen molar-refractivity contribution in [2.24, 2.45) is 0 Å². The molecule has 1 saturated heterocycles. The van der Waals surface area contributed by atoms with Crippen LogP contribution in [0.25, 0.3) is 11.0 Å². The minimum absolute atomic E-state index is 0.0495. The fraction of sp³-hybridized carbons (Fsp3) is 0.381. The molecule has 1 fully saturated rings. The molecule has 4 rings (SSSR count). The van der Waals surface area contributed by atoms with Gasteiger partial charge in [0, 0.05) is 18.7 Å². The van der Waals surface area contributed by atoms with Crippen LogP contribution in [0.5, 0.6) is 0 Å². The van der Waals surface area contributed by atoms with Crippen molar-refractivity contribution in [2.45, 2.75) is 25.8 Å². The lowest BCUT2D eigenvalue weighted by molar-refractivity contribution is 0.0946. The Hall–Kier alpha value is -2.73. The van der Waals surface area contributed by atoms with Gasteiger partial charge in [-0.25, -0.2) is 4.68 Å². The highest BCUT2D eigenvalue weighted by Crippen LogP contribution is 2.15. The van der Waals surface area contributed by atoms with Gasteiger partial charge in [0.05, 0.1) is 12.1 Å². The fourth-order valence-corrected chi connectivity index (χ4v) is 3.60. The SMILES string of the molecule is O=C(NCCN1CCCCC1)c1ccc2c(c1)nnn2Cc1ccccc1. The Labute approximate surface area is 159 Å². The van der Waals surface area contributed by atoms with Gasteiger partial charge in [-0.3, -0.25) is 4.79 Å². The molecule has 2 heterocycles. The zero-order valence-corrected chi connectivity index (χ0v) is 15.5. The lowest BCUT2D eigenvalue weighted by Gasteiger charge is -2.26. The molecule has 1 N–H and O–H groups in total. The van der Waals surface area contributed by atoms with Crippen molar-refractivity contribution in [1.29, 1.82) is 0 Å². The third kappa shape index (κ3) is 4.34. The summed E-state index contributed by atoms with van der Waals surface area (Å²) in [5.41, 5.74) is 3.48. The van der Waals surface area contributed by atoms with E-state index in [2.05, 4.69) is 32.7 Å². The molecular weight excluding hydrogens is 338 g/mol. The number of piperidine rings is 1. The number of likely N-dealkylation sites (tertiary alicyclic amines) is 1. The van der Waals surface area contributed by atoms with Crippen LogP contribution in [0, 0.1) is 0 Å². The van der Waals surface area contributed by atoms with Crippen LogP contribution in [0.1, 0.15) is 35.2 Å². The van der Waals surface area contributed by atoms with Crippen molar-refractivity contribution in [3.05, 3.63) is 59.7 Å². The minimum atomic E-state index is -0.0495. The summed E-state index contributed by atoms with van der Waals surface area (Å²) in [5.74, 6) is -0.0495. The number of hydrogen-bond donors (Lipinski definition) is 1. The van der Waals surface area contributed by atoms with Crippen LogP contribution in [0.3, 0.4) is 0 Å². The molecule has 0 atom stereocenters. The molecule has 1 aliphatic rings. The van der Waals surface area contributed by atoms with Crippen molar-refractivity contribution < 1.29 is 4.79 Å². The minimum Gasteiger partial charge on any atom is -0.351 e. The normalized spacial score (nSPS) is 15.1. The van der Waals surface area contributed by atoms with Gasteiger partial charge in [-0.05, 0) is 49.7 Å². The zero-order valence-electron chi connectivity index (χ0n) is 15.5. The number of rotatable bonds is 6. The van der Waals surface area contributed by atoms with Gasteiger partial charge in [-0.2, -0.15) is 0 Å². The van der Waals surface area contributed by atoms with E-state index in [0.29, 0.717) is 18.7 Å². The first-order chi connectivity index (χ1) is 13.3. The lowest BCUT2D eigenvalue weighted by Crippen LogP contribution is -2.37. The Morgan fingerprint density at radius 2 is 1.85 bits per heavy atom. The molecule has 1 amide bonds. The number of carbonyl (C=O) groups is 1. The highest BCUT2D eigenvalue weighted by atomic mass is 16.1. The van der Waals surface area contributed by atoms with E-state index in [-0.39, 0.29) is 5.91 Å². The molecule has 2 aromatic carbocycles. The van der Waals surface area contributed by atoms with E-state index >= 15 is 0 Å². The molecule has 6 heteroatoms. The van der Waals surface area contributed by atoms with Gasteiger partial charge < -0.3 is 10.2 Å². The summed E-state index contributed by atoms with van der Waals surface area (Å²) in [6.07, 6.45) is 3.86. The first-order valence-electron chi connectivity index (χ1n) is 9.67. The van der Waals surface area contributed by atoms with Crippen LogP contribution in [0.4, 0.5) is 0 Å². The maximum absolute atomic E-state index is 12.4. The van der Waals surface area contributed by atoms with Crippen LogP contribution >= 0.6 is 0 Å². The van der Waals surface area contributed by atoms with Crippen LogP contribution < -0.4 is 5.32 Å². The smallest absolute Gasteiger partial charge is 0.251 e. The summed E-state index contributed by atoms with van der Waals surface area (Å²) in [6, 6.07) is 15.8. The number of fused-ring (bicyclic) bond motifs is 1. The Morgan fingerprint density at radius 3 is 2.67 bits per heavy atom. The molecule has 27 heavy (non-hydrogen) atoms. The average molecular weight is 363 g/mol. The summed E-state index contributed by atoms with van der Waals surface area (Å²) in [6.45, 7) is 4.55. The highest BCUT2D eigenvalue weighted by Gasteiger charge is 2.12. The second kappa shape index (κ2) is 8.31. The molecule has 6 nitrogen and oxygen atoms in total. The van der Waals surface area contributed by atoms with Gasteiger partial charge in [0.2, 0.25) is 0 Å². The van der Waals surface area contributed by atoms with Gasteiger partial charge in [0.1, 0.15) is 5.52 Å². The number of carbonyl (C=O) groups excluding carboxylic acids is 1. The van der Waals surface area contributed by atoms with Crippen molar-refractivity contribution in [3.63, 3.8) is 0 Å². The molecule has 0 unspecified atom stereocenters. The molecule has 0 aliphatic carbocycles. The molecule has 0 radical (unpaired) electrons. The van der Waals surface area contributed by atoms with E-state index in [1.54, 1.807) is 0 Å². The second-order valence-electron chi connectivity index (χ2n) is 7.09. The number of hydrogen-bond acceptors (Lipinski definition) is 4. The van der Waals surface area contributed by atoms with E-state index in [1.165, 1.54) is 24.8 Å². The van der Waals surface area contributed by atoms with E-state index in [9.17, 15) is 4.79 Å². The first-order valence-corrected chi connectivity index (χ1v) is 9.67. The van der Waals surface area contributed by atoms with Crippen LogP contribution in [-0.2, 0) is 6.54 Å². The Bertz CT molecular complexity index is 899. The lowest BCUT2D eigenvalue weighted by atomic mass is 10.1. The van der Waals surface area contributed by atoms with Crippen LogP contribution in [0.2, 0.25) is 0 Å². The van der Waals surface area contributed by atoms with Crippen LogP contribution in [-0.4, -0.2) is 52.0 Å². The molecule has 0 bridgehead atoms. The largest absolute Gasteiger partial charge is 0.351 e. The number of aromatic nitrogens is 3. The first kappa shape index (κ1) is 17.7. The molecule has 3 aromatic rings. The Balaban J connectivity index is 1.38. The summed E-state index contributed by atoms with van der Waals surface area (Å²) < 4.78 is 1.86. The molecule has 0 spiro atoms. The van der Waals surface area contributed by atoms with E-state index in [0.717, 1.165) is 30.7 Å². The predicted molar refractivity (Wildman–Crippen MR) is 106 cm³/mol. The van der Waals surface area contributed by atoms with E-state index < -0.39 is 0 Å². The molecule has 1 aliphatic heterocycles. The van der Waals surface area contributed by atoms with Crippen molar-refractivity contribution in [2.75, 3.05) is 26.2 Å². The summed E-state index contributed by atoms with van der Waals surface area (Å²) >= 11 is 0. The third-order valence-corrected chi connectivity index (χ3v) is 5.11. The van der Waals surface area contributed by atoms with Crippen molar-refractivity contribution in [1.82, 2.24) is 25.2 Å². The topological polar surface area (TPSA) is 63.1 Å². The maximum atomic E-state index is 12.4. The fourth-order valence-electron chi connectivity index (χ4n) is 3.60. The monoisotopic (exact) mass is 363 g/mol. The standard InChI is InChI=1S/C21H25N5O/c27-21(22-11-14-25-12-5-2-6-13-25)18-9-10-20-19(15-18)23-24-26(20)16-17-7-3-1-4-8-17/h1,3-4,7-10,15H,2,5-6,11-14,16H2,(H,22,27). The van der Waals surface area contributed by atoms with Crippen molar-refractivity contribution in [3.8, 4) is 0 Å². The number of benzene rings is 2. The van der Waals surface area contributed by atoms with Gasteiger partial charge >= 0.3 is 0 Å². The predicted octanol–water partition coefficient (Wildman–Crippen LogP) is 2.70. The molecule has 0 saturated carbocycles. The number of nitrogens with one attached hydrogen (secondary N) is 1. The zero-order chi connectivity index (χ0) is 18.5. The maximum Gasteiger partial charge on any atom is 0.251 e. The van der Waals surface area contributed by atoms with E-state index in [1.807, 2.05) is 41.1 Å². The highest BCUT2D eigenvalue weighted by molar-refractivity contribution is 5.97. The summed E-state index contributed by atoms with van der Waals surface area (Å²) in [4.78, 5) is 14.9. The molecule has 140 valence electrons. The van der Waals surface area contributed by atoms with Gasteiger partial charge in [0.25, 0.3) is 5.91 Å². The Kier molecular flexibility index (Phi) is 5.44. The molecule has 1 aromatic heterocycles. The number of nitrogens with zero attached hydrogens (tertiary/aromatic N) is 4.